The third-order valence-corrected chi connectivity index (χ3v) is 7.27. The zero-order valence-corrected chi connectivity index (χ0v) is 18.2. The minimum absolute atomic E-state index is 0.0346. The molecular formula is C22H28N4O3S. The van der Waals surface area contributed by atoms with E-state index in [9.17, 15) is 13.2 Å². The van der Waals surface area contributed by atoms with Crippen LogP contribution in [0.5, 0.6) is 0 Å². The standard InChI is InChI=1S/C22H28N4O3S/c1-25(2)15-16-7-9-18(10-8-16)22(27)26-13-11-17(12-14-26)21-23-19-5-3-4-6-20(19)30(28,29)24-21/h3-10,17,21,23-24H,11-15H2,1-2H3. The zero-order valence-electron chi connectivity index (χ0n) is 17.3. The van der Waals surface area contributed by atoms with Gasteiger partial charge in [0.15, 0.2) is 0 Å². The van der Waals surface area contributed by atoms with Crippen LogP contribution in [-0.4, -0.2) is 57.5 Å². The fourth-order valence-electron chi connectivity index (χ4n) is 4.20. The minimum Gasteiger partial charge on any atom is -0.368 e. The zero-order chi connectivity index (χ0) is 21.3. The van der Waals surface area contributed by atoms with Crippen molar-refractivity contribution in [2.24, 2.45) is 5.92 Å². The number of anilines is 1. The van der Waals surface area contributed by atoms with Gasteiger partial charge in [0.1, 0.15) is 4.90 Å². The molecule has 0 aromatic heterocycles. The number of carbonyl (C=O) groups is 1. The SMILES string of the molecule is CN(C)Cc1ccc(C(=O)N2CCC(C3Nc4ccccc4S(=O)(=O)N3)CC2)cc1. The summed E-state index contributed by atoms with van der Waals surface area (Å²) in [4.78, 5) is 17.1. The maximum Gasteiger partial charge on any atom is 0.253 e. The topological polar surface area (TPSA) is 81.8 Å². The summed E-state index contributed by atoms with van der Waals surface area (Å²) in [5.74, 6) is 0.159. The highest BCUT2D eigenvalue weighted by Crippen LogP contribution is 2.31. The van der Waals surface area contributed by atoms with Gasteiger partial charge in [-0.1, -0.05) is 24.3 Å². The van der Waals surface area contributed by atoms with Crippen molar-refractivity contribution in [3.8, 4) is 0 Å². The molecule has 2 aliphatic rings. The maximum atomic E-state index is 12.9. The van der Waals surface area contributed by atoms with Gasteiger partial charge in [0.25, 0.3) is 5.91 Å². The third-order valence-electron chi connectivity index (χ3n) is 5.77. The summed E-state index contributed by atoms with van der Waals surface area (Å²) in [5.41, 5.74) is 2.50. The van der Waals surface area contributed by atoms with Gasteiger partial charge in [0.2, 0.25) is 10.0 Å². The van der Waals surface area contributed by atoms with Crippen LogP contribution < -0.4 is 10.0 Å². The van der Waals surface area contributed by atoms with Crippen molar-refractivity contribution < 1.29 is 13.2 Å². The fourth-order valence-corrected chi connectivity index (χ4v) is 5.59. The first-order valence-corrected chi connectivity index (χ1v) is 11.7. The van der Waals surface area contributed by atoms with E-state index in [1.165, 1.54) is 5.56 Å². The summed E-state index contributed by atoms with van der Waals surface area (Å²) in [6, 6.07) is 14.7. The molecule has 0 saturated carbocycles. The molecule has 30 heavy (non-hydrogen) atoms. The number of nitrogens with zero attached hydrogens (tertiary/aromatic N) is 2. The summed E-state index contributed by atoms with van der Waals surface area (Å²) in [6.45, 7) is 2.07. The van der Waals surface area contributed by atoms with Crippen molar-refractivity contribution in [3.63, 3.8) is 0 Å². The molecule has 160 valence electrons. The molecule has 2 aliphatic heterocycles. The van der Waals surface area contributed by atoms with E-state index in [-0.39, 0.29) is 22.9 Å². The smallest absolute Gasteiger partial charge is 0.253 e. The number of hydrogen-bond acceptors (Lipinski definition) is 5. The number of hydrogen-bond donors (Lipinski definition) is 2. The number of amides is 1. The number of sulfonamides is 1. The molecule has 1 unspecified atom stereocenters. The van der Waals surface area contributed by atoms with Crippen LogP contribution in [0.2, 0.25) is 0 Å². The van der Waals surface area contributed by atoms with Gasteiger partial charge in [0.05, 0.1) is 11.9 Å². The summed E-state index contributed by atoms with van der Waals surface area (Å²) in [6.07, 6.45) is 1.13. The van der Waals surface area contributed by atoms with Crippen LogP contribution in [0, 0.1) is 5.92 Å². The molecular weight excluding hydrogens is 400 g/mol. The Hall–Kier alpha value is -2.42. The molecule has 2 aromatic carbocycles. The van der Waals surface area contributed by atoms with Crippen molar-refractivity contribution in [1.82, 2.24) is 14.5 Å². The first kappa shape index (κ1) is 20.8. The Kier molecular flexibility index (Phi) is 5.81. The molecule has 0 bridgehead atoms. The van der Waals surface area contributed by atoms with Crippen LogP contribution in [0.1, 0.15) is 28.8 Å². The van der Waals surface area contributed by atoms with E-state index in [2.05, 4.69) is 14.9 Å². The lowest BCUT2D eigenvalue weighted by molar-refractivity contribution is 0.0679. The second kappa shape index (κ2) is 8.37. The van der Waals surface area contributed by atoms with Crippen LogP contribution >= 0.6 is 0 Å². The Bertz CT molecular complexity index is 1010. The Morgan fingerprint density at radius 1 is 1.07 bits per heavy atom. The second-order valence-electron chi connectivity index (χ2n) is 8.30. The second-order valence-corrected chi connectivity index (χ2v) is 9.99. The largest absolute Gasteiger partial charge is 0.368 e. The minimum atomic E-state index is -3.52. The van der Waals surface area contributed by atoms with E-state index >= 15 is 0 Å². The lowest BCUT2D eigenvalue weighted by atomic mass is 9.93. The van der Waals surface area contributed by atoms with Crippen molar-refractivity contribution in [1.29, 1.82) is 0 Å². The van der Waals surface area contributed by atoms with Crippen LogP contribution in [0.25, 0.3) is 0 Å². The van der Waals surface area contributed by atoms with E-state index in [0.29, 0.717) is 24.3 Å². The number of para-hydroxylation sites is 1. The average molecular weight is 429 g/mol. The normalized spacial score (nSPS) is 21.2. The summed E-state index contributed by atoms with van der Waals surface area (Å²) in [5, 5.41) is 3.32. The highest BCUT2D eigenvalue weighted by molar-refractivity contribution is 7.89. The monoisotopic (exact) mass is 428 g/mol. The predicted octanol–water partition coefficient (Wildman–Crippen LogP) is 2.33. The van der Waals surface area contributed by atoms with Crippen molar-refractivity contribution in [2.75, 3.05) is 32.5 Å². The molecule has 0 spiro atoms. The Morgan fingerprint density at radius 2 is 1.73 bits per heavy atom. The van der Waals surface area contributed by atoms with Crippen LogP contribution in [0.15, 0.2) is 53.4 Å². The Morgan fingerprint density at radius 3 is 2.40 bits per heavy atom. The predicted molar refractivity (Wildman–Crippen MR) is 117 cm³/mol. The van der Waals surface area contributed by atoms with Gasteiger partial charge in [-0.3, -0.25) is 4.79 Å². The Balaban J connectivity index is 1.38. The third kappa shape index (κ3) is 4.35. The molecule has 2 heterocycles. The van der Waals surface area contributed by atoms with Crippen molar-refractivity contribution in [3.05, 3.63) is 59.7 Å². The van der Waals surface area contributed by atoms with Gasteiger partial charge in [-0.25, -0.2) is 8.42 Å². The quantitative estimate of drug-likeness (QED) is 0.781. The summed E-state index contributed by atoms with van der Waals surface area (Å²) >= 11 is 0. The average Bonchev–Trinajstić information content (AvgIpc) is 2.73. The van der Waals surface area contributed by atoms with E-state index in [1.807, 2.05) is 49.3 Å². The molecule has 1 fully saturated rings. The highest BCUT2D eigenvalue weighted by atomic mass is 32.2. The summed E-state index contributed by atoms with van der Waals surface area (Å²) < 4.78 is 27.9. The van der Waals surface area contributed by atoms with Gasteiger partial charge in [-0.2, -0.15) is 4.72 Å². The molecule has 1 saturated heterocycles. The van der Waals surface area contributed by atoms with Gasteiger partial charge < -0.3 is 15.1 Å². The van der Waals surface area contributed by atoms with Crippen LogP contribution in [0.4, 0.5) is 5.69 Å². The number of benzene rings is 2. The van der Waals surface area contributed by atoms with Gasteiger partial charge in [0, 0.05) is 25.2 Å². The van der Waals surface area contributed by atoms with E-state index in [1.54, 1.807) is 18.2 Å². The highest BCUT2D eigenvalue weighted by Gasteiger charge is 2.35. The lowest BCUT2D eigenvalue weighted by Crippen LogP contribution is -2.52. The van der Waals surface area contributed by atoms with Gasteiger partial charge in [-0.15, -0.1) is 0 Å². The molecule has 1 amide bonds. The maximum absolute atomic E-state index is 12.9. The van der Waals surface area contributed by atoms with Crippen molar-refractivity contribution in [2.45, 2.75) is 30.4 Å². The lowest BCUT2D eigenvalue weighted by Gasteiger charge is -2.38. The molecule has 0 aliphatic carbocycles. The molecule has 2 aromatic rings. The molecule has 1 atom stereocenters. The van der Waals surface area contributed by atoms with Gasteiger partial charge in [-0.05, 0) is 62.7 Å². The van der Waals surface area contributed by atoms with Crippen molar-refractivity contribution >= 4 is 21.6 Å². The molecule has 4 rings (SSSR count). The summed E-state index contributed by atoms with van der Waals surface area (Å²) in [7, 11) is 0.511. The number of nitrogens with one attached hydrogen (secondary N) is 2. The number of rotatable bonds is 4. The van der Waals surface area contributed by atoms with E-state index in [4.69, 9.17) is 0 Å². The number of piperidine rings is 1. The first-order valence-electron chi connectivity index (χ1n) is 10.2. The van der Waals surface area contributed by atoms with Crippen LogP contribution in [0.3, 0.4) is 0 Å². The number of likely N-dealkylation sites (tertiary alicyclic amines) is 1. The molecule has 7 nitrogen and oxygen atoms in total. The Labute approximate surface area is 178 Å². The van der Waals surface area contributed by atoms with E-state index < -0.39 is 10.0 Å². The van der Waals surface area contributed by atoms with E-state index in [0.717, 1.165) is 19.4 Å². The first-order chi connectivity index (χ1) is 14.3. The number of carbonyl (C=O) groups excluding carboxylic acids is 1. The van der Waals surface area contributed by atoms with Crippen LogP contribution in [-0.2, 0) is 16.6 Å². The number of fused-ring (bicyclic) bond motifs is 1. The molecule has 8 heteroatoms. The molecule has 0 radical (unpaired) electrons. The van der Waals surface area contributed by atoms with Gasteiger partial charge >= 0.3 is 0 Å². The molecule has 2 N–H and O–H groups in total. The fraction of sp³-hybridized carbons (Fsp3) is 0.409.